The minimum absolute atomic E-state index is 0.265. The standard InChI is InChI=1S/C16H13ClFN3/c17-14-7-2-1-6-13(14)16-15(19)10-21(20-16)9-11-4-3-5-12(18)8-11/h1-8,10H,9,19H2. The topological polar surface area (TPSA) is 43.8 Å². The van der Waals surface area contributed by atoms with E-state index in [2.05, 4.69) is 5.10 Å². The molecule has 3 aromatic rings. The Morgan fingerprint density at radius 2 is 1.95 bits per heavy atom. The summed E-state index contributed by atoms with van der Waals surface area (Å²) in [6.45, 7) is 0.451. The molecule has 2 aromatic carbocycles. The smallest absolute Gasteiger partial charge is 0.123 e. The van der Waals surface area contributed by atoms with E-state index in [9.17, 15) is 4.39 Å². The number of nitrogen functional groups attached to an aromatic ring is 1. The van der Waals surface area contributed by atoms with Gasteiger partial charge in [0.25, 0.3) is 0 Å². The number of hydrogen-bond acceptors (Lipinski definition) is 2. The van der Waals surface area contributed by atoms with Gasteiger partial charge < -0.3 is 5.73 Å². The Balaban J connectivity index is 1.93. The van der Waals surface area contributed by atoms with Gasteiger partial charge in [-0.05, 0) is 23.8 Å². The molecule has 0 amide bonds. The van der Waals surface area contributed by atoms with Gasteiger partial charge in [-0.1, -0.05) is 41.9 Å². The lowest BCUT2D eigenvalue weighted by Crippen LogP contribution is -2.00. The van der Waals surface area contributed by atoms with E-state index in [0.29, 0.717) is 22.9 Å². The molecule has 1 heterocycles. The molecule has 1 aromatic heterocycles. The average Bonchev–Trinajstić information content (AvgIpc) is 2.80. The molecule has 0 saturated carbocycles. The van der Waals surface area contributed by atoms with E-state index in [1.807, 2.05) is 24.3 Å². The molecule has 0 aliphatic carbocycles. The summed E-state index contributed by atoms with van der Waals surface area (Å²) < 4.78 is 14.9. The Bertz CT molecular complexity index is 783. The molecule has 0 radical (unpaired) electrons. The van der Waals surface area contributed by atoms with Crippen molar-refractivity contribution in [3.8, 4) is 11.3 Å². The van der Waals surface area contributed by atoms with Crippen LogP contribution in [0.15, 0.2) is 54.7 Å². The largest absolute Gasteiger partial charge is 0.396 e. The van der Waals surface area contributed by atoms with Crippen molar-refractivity contribution in [2.75, 3.05) is 5.73 Å². The highest BCUT2D eigenvalue weighted by atomic mass is 35.5. The maximum atomic E-state index is 13.2. The van der Waals surface area contributed by atoms with Crippen molar-refractivity contribution in [3.63, 3.8) is 0 Å². The minimum atomic E-state index is -0.265. The minimum Gasteiger partial charge on any atom is -0.396 e. The monoisotopic (exact) mass is 301 g/mol. The van der Waals surface area contributed by atoms with Gasteiger partial charge in [0.05, 0.1) is 17.3 Å². The summed E-state index contributed by atoms with van der Waals surface area (Å²) in [6.07, 6.45) is 1.73. The third-order valence-corrected chi connectivity index (χ3v) is 3.48. The first-order chi connectivity index (χ1) is 10.1. The van der Waals surface area contributed by atoms with Gasteiger partial charge in [-0.2, -0.15) is 5.10 Å². The van der Waals surface area contributed by atoms with Crippen LogP contribution in [-0.4, -0.2) is 9.78 Å². The molecule has 3 nitrogen and oxygen atoms in total. The van der Waals surface area contributed by atoms with E-state index >= 15 is 0 Å². The van der Waals surface area contributed by atoms with Crippen molar-refractivity contribution < 1.29 is 4.39 Å². The summed E-state index contributed by atoms with van der Waals surface area (Å²) in [5, 5.41) is 5.05. The van der Waals surface area contributed by atoms with Gasteiger partial charge in [0, 0.05) is 11.8 Å². The van der Waals surface area contributed by atoms with Gasteiger partial charge in [-0.15, -0.1) is 0 Å². The Hall–Kier alpha value is -2.33. The van der Waals surface area contributed by atoms with Crippen LogP contribution in [0.25, 0.3) is 11.3 Å². The molecule has 0 unspecified atom stereocenters. The Morgan fingerprint density at radius 1 is 1.14 bits per heavy atom. The summed E-state index contributed by atoms with van der Waals surface area (Å²) in [6, 6.07) is 13.8. The van der Waals surface area contributed by atoms with E-state index in [1.165, 1.54) is 12.1 Å². The van der Waals surface area contributed by atoms with Crippen molar-refractivity contribution in [1.82, 2.24) is 9.78 Å². The lowest BCUT2D eigenvalue weighted by Gasteiger charge is -2.03. The van der Waals surface area contributed by atoms with Gasteiger partial charge >= 0.3 is 0 Å². The maximum Gasteiger partial charge on any atom is 0.123 e. The molecule has 106 valence electrons. The zero-order valence-corrected chi connectivity index (χ0v) is 11.9. The number of hydrogen-bond donors (Lipinski definition) is 1. The molecular weight excluding hydrogens is 289 g/mol. The first-order valence-corrected chi connectivity index (χ1v) is 6.83. The van der Waals surface area contributed by atoms with E-state index in [-0.39, 0.29) is 5.82 Å². The molecule has 0 atom stereocenters. The van der Waals surface area contributed by atoms with Gasteiger partial charge in [-0.3, -0.25) is 4.68 Å². The van der Waals surface area contributed by atoms with E-state index < -0.39 is 0 Å². The number of halogens is 2. The zero-order chi connectivity index (χ0) is 14.8. The van der Waals surface area contributed by atoms with Gasteiger partial charge in [0.15, 0.2) is 0 Å². The first kappa shape index (κ1) is 13.6. The van der Waals surface area contributed by atoms with Crippen LogP contribution >= 0.6 is 11.6 Å². The summed E-state index contributed by atoms with van der Waals surface area (Å²) in [5.74, 6) is -0.265. The van der Waals surface area contributed by atoms with Gasteiger partial charge in [0.2, 0.25) is 0 Å². The number of benzene rings is 2. The fourth-order valence-corrected chi connectivity index (χ4v) is 2.43. The number of anilines is 1. The third-order valence-electron chi connectivity index (χ3n) is 3.15. The summed E-state index contributed by atoms with van der Waals surface area (Å²) >= 11 is 6.17. The van der Waals surface area contributed by atoms with Crippen molar-refractivity contribution in [1.29, 1.82) is 0 Å². The fraction of sp³-hybridized carbons (Fsp3) is 0.0625. The second kappa shape index (κ2) is 5.58. The van der Waals surface area contributed by atoms with Crippen LogP contribution in [0.4, 0.5) is 10.1 Å². The van der Waals surface area contributed by atoms with Crippen LogP contribution in [0.5, 0.6) is 0 Å². The molecule has 21 heavy (non-hydrogen) atoms. The fourth-order valence-electron chi connectivity index (χ4n) is 2.20. The molecule has 0 bridgehead atoms. The Labute approximate surface area is 126 Å². The predicted octanol–water partition coefficient (Wildman–Crippen LogP) is 3.97. The quantitative estimate of drug-likeness (QED) is 0.795. The molecule has 0 spiro atoms. The Morgan fingerprint density at radius 3 is 2.71 bits per heavy atom. The zero-order valence-electron chi connectivity index (χ0n) is 11.1. The van der Waals surface area contributed by atoms with Gasteiger partial charge in [0.1, 0.15) is 11.5 Å². The average molecular weight is 302 g/mol. The lowest BCUT2D eigenvalue weighted by molar-refractivity contribution is 0.619. The number of nitrogens with two attached hydrogens (primary N) is 1. The van der Waals surface area contributed by atoms with Crippen molar-refractivity contribution >= 4 is 17.3 Å². The molecule has 0 aliphatic rings. The molecule has 0 fully saturated rings. The van der Waals surface area contributed by atoms with Crippen LogP contribution in [0.2, 0.25) is 5.02 Å². The number of aromatic nitrogens is 2. The molecule has 5 heteroatoms. The third kappa shape index (κ3) is 2.90. The second-order valence-corrected chi connectivity index (χ2v) is 5.15. The van der Waals surface area contributed by atoms with Crippen LogP contribution < -0.4 is 5.73 Å². The molecule has 0 saturated heterocycles. The van der Waals surface area contributed by atoms with Gasteiger partial charge in [-0.25, -0.2) is 4.39 Å². The van der Waals surface area contributed by atoms with Crippen molar-refractivity contribution in [2.24, 2.45) is 0 Å². The molecular formula is C16H13ClFN3. The van der Waals surface area contributed by atoms with Crippen LogP contribution in [0.3, 0.4) is 0 Å². The highest BCUT2D eigenvalue weighted by molar-refractivity contribution is 6.33. The predicted molar refractivity (Wildman–Crippen MR) is 82.6 cm³/mol. The molecule has 3 rings (SSSR count). The summed E-state index contributed by atoms with van der Waals surface area (Å²) in [5.41, 5.74) is 8.80. The van der Waals surface area contributed by atoms with Crippen molar-refractivity contribution in [2.45, 2.75) is 6.54 Å². The number of nitrogens with zero attached hydrogens (tertiary/aromatic N) is 2. The molecule has 2 N–H and O–H groups in total. The SMILES string of the molecule is Nc1cn(Cc2cccc(F)c2)nc1-c1ccccc1Cl. The first-order valence-electron chi connectivity index (χ1n) is 6.46. The number of rotatable bonds is 3. The Kier molecular flexibility index (Phi) is 3.62. The van der Waals surface area contributed by atoms with E-state index in [0.717, 1.165) is 11.1 Å². The second-order valence-electron chi connectivity index (χ2n) is 4.74. The highest BCUT2D eigenvalue weighted by Crippen LogP contribution is 2.30. The summed E-state index contributed by atoms with van der Waals surface area (Å²) in [4.78, 5) is 0. The van der Waals surface area contributed by atoms with Crippen LogP contribution in [0, 0.1) is 5.82 Å². The highest BCUT2D eigenvalue weighted by Gasteiger charge is 2.11. The molecule has 0 aliphatic heterocycles. The maximum absolute atomic E-state index is 13.2. The van der Waals surface area contributed by atoms with E-state index in [1.54, 1.807) is 23.0 Å². The summed E-state index contributed by atoms with van der Waals surface area (Å²) in [7, 11) is 0. The van der Waals surface area contributed by atoms with Crippen LogP contribution in [-0.2, 0) is 6.54 Å². The van der Waals surface area contributed by atoms with E-state index in [4.69, 9.17) is 17.3 Å². The van der Waals surface area contributed by atoms with Crippen LogP contribution in [0.1, 0.15) is 5.56 Å². The van der Waals surface area contributed by atoms with Crippen molar-refractivity contribution in [3.05, 3.63) is 71.1 Å². The normalized spacial score (nSPS) is 10.8. The lowest BCUT2D eigenvalue weighted by atomic mass is 10.1.